The molecule has 0 bridgehead atoms. The zero-order valence-corrected chi connectivity index (χ0v) is 10.3. The Morgan fingerprint density at radius 1 is 1.33 bits per heavy atom. The van der Waals surface area contributed by atoms with Crippen LogP contribution in [-0.2, 0) is 0 Å². The van der Waals surface area contributed by atoms with E-state index < -0.39 is 4.92 Å². The van der Waals surface area contributed by atoms with Gasteiger partial charge in [-0.1, -0.05) is 11.6 Å². The van der Waals surface area contributed by atoms with Crippen molar-refractivity contribution in [1.29, 1.82) is 0 Å². The summed E-state index contributed by atoms with van der Waals surface area (Å²) >= 11 is 5.79. The molecule has 2 rings (SSSR count). The molecule has 7 heteroatoms. The third kappa shape index (κ3) is 2.77. The lowest BCUT2D eigenvalue weighted by Crippen LogP contribution is -2.46. The first kappa shape index (κ1) is 12.8. The van der Waals surface area contributed by atoms with Gasteiger partial charge in [0, 0.05) is 48.9 Å². The molecule has 1 heterocycles. The maximum Gasteiger partial charge on any atom is 0.271 e. The summed E-state index contributed by atoms with van der Waals surface area (Å²) in [7, 11) is 0. The van der Waals surface area contributed by atoms with Crippen molar-refractivity contribution in [2.75, 3.05) is 26.2 Å². The lowest BCUT2D eigenvalue weighted by molar-refractivity contribution is -0.384. The Morgan fingerprint density at radius 2 is 2.00 bits per heavy atom. The van der Waals surface area contributed by atoms with E-state index >= 15 is 0 Å². The molecule has 0 aliphatic carbocycles. The minimum Gasteiger partial charge on any atom is -0.336 e. The van der Waals surface area contributed by atoms with Crippen molar-refractivity contribution in [2.45, 2.75) is 0 Å². The summed E-state index contributed by atoms with van der Waals surface area (Å²) < 4.78 is 0. The van der Waals surface area contributed by atoms with Gasteiger partial charge >= 0.3 is 0 Å². The summed E-state index contributed by atoms with van der Waals surface area (Å²) in [6, 6.07) is 3.95. The highest BCUT2D eigenvalue weighted by molar-refractivity contribution is 6.31. The number of benzene rings is 1. The summed E-state index contributed by atoms with van der Waals surface area (Å²) in [5.74, 6) is -0.220. The Hall–Kier alpha value is -1.66. The van der Waals surface area contributed by atoms with Crippen molar-refractivity contribution in [1.82, 2.24) is 10.2 Å². The predicted octanol–water partition coefficient (Wildman–Crippen LogP) is 1.29. The lowest BCUT2D eigenvalue weighted by atomic mass is 10.1. The summed E-state index contributed by atoms with van der Waals surface area (Å²) in [4.78, 5) is 24.0. The van der Waals surface area contributed by atoms with Gasteiger partial charge in [-0.2, -0.15) is 0 Å². The van der Waals surface area contributed by atoms with E-state index in [4.69, 9.17) is 11.6 Å². The largest absolute Gasteiger partial charge is 0.336 e. The molecule has 1 N–H and O–H groups in total. The van der Waals surface area contributed by atoms with Crippen LogP contribution >= 0.6 is 11.6 Å². The maximum atomic E-state index is 12.1. The average molecular weight is 270 g/mol. The van der Waals surface area contributed by atoms with E-state index in [1.807, 2.05) is 0 Å². The number of carbonyl (C=O) groups is 1. The molecule has 0 atom stereocenters. The molecule has 1 aromatic rings. The van der Waals surface area contributed by atoms with Gasteiger partial charge in [-0.3, -0.25) is 14.9 Å². The van der Waals surface area contributed by atoms with Crippen LogP contribution in [0.5, 0.6) is 0 Å². The number of halogens is 1. The van der Waals surface area contributed by atoms with Gasteiger partial charge in [0.05, 0.1) is 4.92 Å². The smallest absolute Gasteiger partial charge is 0.271 e. The van der Waals surface area contributed by atoms with Crippen LogP contribution in [0.4, 0.5) is 5.69 Å². The van der Waals surface area contributed by atoms with Gasteiger partial charge < -0.3 is 10.2 Å². The second kappa shape index (κ2) is 5.32. The highest BCUT2D eigenvalue weighted by Crippen LogP contribution is 2.22. The number of hydrogen-bond acceptors (Lipinski definition) is 4. The van der Waals surface area contributed by atoms with Gasteiger partial charge in [0.2, 0.25) is 0 Å². The number of nitrogens with zero attached hydrogens (tertiary/aromatic N) is 2. The second-order valence-electron chi connectivity index (χ2n) is 4.00. The molecule has 1 aromatic carbocycles. The van der Waals surface area contributed by atoms with Gasteiger partial charge in [-0.25, -0.2) is 0 Å². The molecule has 1 fully saturated rings. The molecular weight excluding hydrogens is 258 g/mol. The Bertz CT molecular complexity index is 486. The van der Waals surface area contributed by atoms with Gasteiger partial charge in [0.15, 0.2) is 0 Å². The van der Waals surface area contributed by atoms with Crippen LogP contribution in [0.3, 0.4) is 0 Å². The summed E-state index contributed by atoms with van der Waals surface area (Å²) in [6.45, 7) is 2.65. The van der Waals surface area contributed by atoms with E-state index in [-0.39, 0.29) is 22.2 Å². The minimum absolute atomic E-state index is 0.166. The van der Waals surface area contributed by atoms with Crippen molar-refractivity contribution in [3.8, 4) is 0 Å². The number of amides is 1. The van der Waals surface area contributed by atoms with Gasteiger partial charge in [-0.15, -0.1) is 0 Å². The van der Waals surface area contributed by atoms with Crippen molar-refractivity contribution in [3.63, 3.8) is 0 Å². The number of rotatable bonds is 2. The van der Waals surface area contributed by atoms with Crippen molar-refractivity contribution in [2.24, 2.45) is 0 Å². The van der Waals surface area contributed by atoms with E-state index in [2.05, 4.69) is 5.32 Å². The molecule has 0 unspecified atom stereocenters. The highest BCUT2D eigenvalue weighted by Gasteiger charge is 2.20. The first-order valence-corrected chi connectivity index (χ1v) is 5.91. The fraction of sp³-hybridized carbons (Fsp3) is 0.364. The monoisotopic (exact) mass is 269 g/mol. The van der Waals surface area contributed by atoms with Crippen LogP contribution in [0.2, 0.25) is 5.02 Å². The van der Waals surface area contributed by atoms with Crippen molar-refractivity contribution >= 4 is 23.2 Å². The first-order valence-electron chi connectivity index (χ1n) is 5.53. The Kier molecular flexibility index (Phi) is 3.78. The lowest BCUT2D eigenvalue weighted by Gasteiger charge is -2.27. The van der Waals surface area contributed by atoms with E-state index in [0.717, 1.165) is 13.1 Å². The Labute approximate surface area is 109 Å². The van der Waals surface area contributed by atoms with Crippen molar-refractivity contribution in [3.05, 3.63) is 38.9 Å². The van der Waals surface area contributed by atoms with E-state index in [1.54, 1.807) is 4.90 Å². The van der Waals surface area contributed by atoms with Crippen LogP contribution in [0.25, 0.3) is 0 Å². The van der Waals surface area contributed by atoms with Crippen molar-refractivity contribution < 1.29 is 9.72 Å². The predicted molar refractivity (Wildman–Crippen MR) is 66.9 cm³/mol. The quantitative estimate of drug-likeness (QED) is 0.648. The summed E-state index contributed by atoms with van der Waals surface area (Å²) in [6.07, 6.45) is 0. The van der Waals surface area contributed by atoms with E-state index in [9.17, 15) is 14.9 Å². The topological polar surface area (TPSA) is 75.5 Å². The zero-order valence-electron chi connectivity index (χ0n) is 9.56. The van der Waals surface area contributed by atoms with E-state index in [0.29, 0.717) is 13.1 Å². The molecule has 0 spiro atoms. The second-order valence-corrected chi connectivity index (χ2v) is 4.43. The average Bonchev–Trinajstić information content (AvgIpc) is 2.38. The van der Waals surface area contributed by atoms with Crippen LogP contribution in [0.1, 0.15) is 10.4 Å². The van der Waals surface area contributed by atoms with Crippen LogP contribution in [0.15, 0.2) is 18.2 Å². The molecular formula is C11H12ClN3O3. The number of nitrogens with one attached hydrogen (secondary N) is 1. The molecule has 96 valence electrons. The molecule has 0 radical (unpaired) electrons. The van der Waals surface area contributed by atoms with Crippen LogP contribution in [-0.4, -0.2) is 41.9 Å². The first-order chi connectivity index (χ1) is 8.58. The third-order valence-corrected chi connectivity index (χ3v) is 2.96. The molecule has 0 aromatic heterocycles. The maximum absolute atomic E-state index is 12.1. The van der Waals surface area contributed by atoms with Gasteiger partial charge in [-0.05, 0) is 6.07 Å². The molecule has 0 saturated carbocycles. The van der Waals surface area contributed by atoms with E-state index in [1.165, 1.54) is 18.2 Å². The van der Waals surface area contributed by atoms with Gasteiger partial charge in [0.25, 0.3) is 11.6 Å². The number of non-ortho nitro benzene ring substituents is 1. The standard InChI is InChI=1S/C11H12ClN3O3/c12-9-5-8(6-10(7-9)15(17)18)11(16)14-3-1-13-2-4-14/h5-7,13H,1-4H2. The number of nitro groups is 1. The number of carbonyl (C=O) groups excluding carboxylic acids is 1. The fourth-order valence-electron chi connectivity index (χ4n) is 1.85. The summed E-state index contributed by atoms with van der Waals surface area (Å²) in [5.41, 5.74) is 0.0945. The number of hydrogen-bond donors (Lipinski definition) is 1. The zero-order chi connectivity index (χ0) is 13.1. The Balaban J connectivity index is 2.26. The third-order valence-electron chi connectivity index (χ3n) is 2.74. The number of nitro benzene ring substituents is 1. The molecule has 18 heavy (non-hydrogen) atoms. The Morgan fingerprint density at radius 3 is 2.61 bits per heavy atom. The molecule has 1 saturated heterocycles. The minimum atomic E-state index is -0.555. The SMILES string of the molecule is O=C(c1cc(Cl)cc([N+](=O)[O-])c1)N1CCNCC1. The van der Waals surface area contributed by atoms with Gasteiger partial charge in [0.1, 0.15) is 0 Å². The fourth-order valence-corrected chi connectivity index (χ4v) is 2.08. The molecule has 1 amide bonds. The number of piperazine rings is 1. The molecule has 1 aliphatic heterocycles. The van der Waals surface area contributed by atoms with Crippen LogP contribution in [0, 0.1) is 10.1 Å². The molecule has 6 nitrogen and oxygen atoms in total. The summed E-state index contributed by atoms with van der Waals surface area (Å²) in [5, 5.41) is 14.0. The normalized spacial score (nSPS) is 15.5. The highest BCUT2D eigenvalue weighted by atomic mass is 35.5. The van der Waals surface area contributed by atoms with Crippen LogP contribution < -0.4 is 5.32 Å². The molecule has 1 aliphatic rings.